The molecule has 0 bridgehead atoms. The van der Waals surface area contributed by atoms with Crippen molar-refractivity contribution in [3.8, 4) is 0 Å². The van der Waals surface area contributed by atoms with Crippen molar-refractivity contribution in [2.45, 2.75) is 45.2 Å². The third-order valence-corrected chi connectivity index (χ3v) is 6.02. The molecular formula is C20H29N3O3. The standard InChI is InChI=1S/C20H29N3O3/c1-19(17(24)25)10-12-22(15-19)18(26)21-14-20(2)9-6-11-23(20)13-16-7-4-3-5-8-16/h3-5,7-8H,6,9-15H2,1-2H3,(H,21,26)(H,24,25). The van der Waals surface area contributed by atoms with Gasteiger partial charge in [0.1, 0.15) is 0 Å². The summed E-state index contributed by atoms with van der Waals surface area (Å²) >= 11 is 0. The molecule has 6 heteroatoms. The van der Waals surface area contributed by atoms with Crippen molar-refractivity contribution in [1.82, 2.24) is 15.1 Å². The number of hydrogen-bond acceptors (Lipinski definition) is 3. The number of carbonyl (C=O) groups is 2. The fourth-order valence-corrected chi connectivity index (χ4v) is 4.04. The molecule has 3 rings (SSSR count). The number of carboxylic acid groups (broad SMARTS) is 1. The summed E-state index contributed by atoms with van der Waals surface area (Å²) in [4.78, 5) is 28.0. The molecule has 0 spiro atoms. The van der Waals surface area contributed by atoms with E-state index in [1.165, 1.54) is 5.56 Å². The summed E-state index contributed by atoms with van der Waals surface area (Å²) in [5.74, 6) is -0.829. The lowest BCUT2D eigenvalue weighted by atomic mass is 9.90. The summed E-state index contributed by atoms with van der Waals surface area (Å²) in [7, 11) is 0. The van der Waals surface area contributed by atoms with Crippen molar-refractivity contribution in [1.29, 1.82) is 0 Å². The third kappa shape index (κ3) is 3.85. The van der Waals surface area contributed by atoms with E-state index in [-0.39, 0.29) is 18.1 Å². The minimum absolute atomic E-state index is 0.0681. The number of nitrogens with zero attached hydrogens (tertiary/aromatic N) is 2. The van der Waals surface area contributed by atoms with Crippen molar-refractivity contribution in [3.05, 3.63) is 35.9 Å². The molecule has 2 atom stereocenters. The lowest BCUT2D eigenvalue weighted by Crippen LogP contribution is -2.52. The van der Waals surface area contributed by atoms with Crippen LogP contribution in [0.2, 0.25) is 0 Å². The molecule has 6 nitrogen and oxygen atoms in total. The van der Waals surface area contributed by atoms with Gasteiger partial charge in [0.25, 0.3) is 0 Å². The van der Waals surface area contributed by atoms with Crippen LogP contribution >= 0.6 is 0 Å². The number of hydrogen-bond donors (Lipinski definition) is 2. The molecule has 0 saturated carbocycles. The summed E-state index contributed by atoms with van der Waals surface area (Å²) in [5.41, 5.74) is 0.388. The van der Waals surface area contributed by atoms with Crippen LogP contribution in [0.15, 0.2) is 30.3 Å². The van der Waals surface area contributed by atoms with Gasteiger partial charge in [-0.1, -0.05) is 30.3 Å². The molecule has 2 unspecified atom stereocenters. The second-order valence-corrected chi connectivity index (χ2v) is 8.20. The van der Waals surface area contributed by atoms with Crippen LogP contribution in [0.5, 0.6) is 0 Å². The molecule has 0 aliphatic carbocycles. The van der Waals surface area contributed by atoms with Gasteiger partial charge >= 0.3 is 12.0 Å². The first-order valence-electron chi connectivity index (χ1n) is 9.38. The Morgan fingerprint density at radius 2 is 1.88 bits per heavy atom. The first kappa shape index (κ1) is 18.7. The SMILES string of the molecule is CC1(C(=O)O)CCN(C(=O)NCC2(C)CCCN2Cc2ccccc2)C1. The van der Waals surface area contributed by atoms with Crippen LogP contribution in [-0.4, -0.2) is 58.6 Å². The Hall–Kier alpha value is -2.08. The van der Waals surface area contributed by atoms with E-state index in [0.717, 1.165) is 25.9 Å². The third-order valence-electron chi connectivity index (χ3n) is 6.02. The number of aliphatic carboxylic acids is 1. The molecule has 2 heterocycles. The van der Waals surface area contributed by atoms with Crippen LogP contribution in [0.4, 0.5) is 4.79 Å². The Morgan fingerprint density at radius 3 is 2.54 bits per heavy atom. The van der Waals surface area contributed by atoms with Crippen LogP contribution in [-0.2, 0) is 11.3 Å². The number of benzene rings is 1. The Kier molecular flexibility index (Phi) is 5.23. The van der Waals surface area contributed by atoms with Crippen molar-refractivity contribution >= 4 is 12.0 Å². The number of urea groups is 1. The minimum Gasteiger partial charge on any atom is -0.481 e. The maximum Gasteiger partial charge on any atom is 0.317 e. The fourth-order valence-electron chi connectivity index (χ4n) is 4.04. The highest BCUT2D eigenvalue weighted by Crippen LogP contribution is 2.32. The molecule has 2 aliphatic heterocycles. The highest BCUT2D eigenvalue weighted by atomic mass is 16.4. The van der Waals surface area contributed by atoms with Gasteiger partial charge in [0.05, 0.1) is 5.41 Å². The zero-order valence-electron chi connectivity index (χ0n) is 15.7. The Labute approximate surface area is 155 Å². The van der Waals surface area contributed by atoms with Gasteiger partial charge in [-0.2, -0.15) is 0 Å². The van der Waals surface area contributed by atoms with Crippen LogP contribution in [0.1, 0.15) is 38.7 Å². The number of carboxylic acids is 1. The Bertz CT molecular complexity index is 666. The maximum absolute atomic E-state index is 12.5. The quantitative estimate of drug-likeness (QED) is 0.847. The fraction of sp³-hybridized carbons (Fsp3) is 0.600. The second-order valence-electron chi connectivity index (χ2n) is 8.20. The zero-order valence-corrected chi connectivity index (χ0v) is 15.7. The number of rotatable bonds is 5. The molecule has 1 aromatic rings. The summed E-state index contributed by atoms with van der Waals surface area (Å²) in [6, 6.07) is 10.2. The van der Waals surface area contributed by atoms with E-state index in [2.05, 4.69) is 41.4 Å². The molecule has 142 valence electrons. The summed E-state index contributed by atoms with van der Waals surface area (Å²) in [6.45, 7) is 7.18. The van der Waals surface area contributed by atoms with E-state index in [9.17, 15) is 14.7 Å². The molecule has 2 fully saturated rings. The lowest BCUT2D eigenvalue weighted by Gasteiger charge is -2.36. The molecule has 1 aromatic carbocycles. The van der Waals surface area contributed by atoms with Crippen molar-refractivity contribution in [3.63, 3.8) is 0 Å². The molecule has 26 heavy (non-hydrogen) atoms. The van der Waals surface area contributed by atoms with E-state index in [4.69, 9.17) is 0 Å². The predicted molar refractivity (Wildman–Crippen MR) is 99.8 cm³/mol. The number of nitrogens with one attached hydrogen (secondary N) is 1. The Balaban J connectivity index is 1.56. The van der Waals surface area contributed by atoms with Crippen molar-refractivity contribution in [2.75, 3.05) is 26.2 Å². The van der Waals surface area contributed by atoms with Crippen molar-refractivity contribution in [2.24, 2.45) is 5.41 Å². The topological polar surface area (TPSA) is 72.9 Å². The average molecular weight is 359 g/mol. The van der Waals surface area contributed by atoms with Crippen LogP contribution < -0.4 is 5.32 Å². The number of likely N-dealkylation sites (tertiary alicyclic amines) is 2. The van der Waals surface area contributed by atoms with Gasteiger partial charge in [-0.3, -0.25) is 9.69 Å². The van der Waals surface area contributed by atoms with Crippen LogP contribution in [0.25, 0.3) is 0 Å². The summed E-state index contributed by atoms with van der Waals surface area (Å²) in [6.07, 6.45) is 2.68. The second kappa shape index (κ2) is 7.27. The minimum atomic E-state index is -0.829. The molecule has 0 radical (unpaired) electrons. The Morgan fingerprint density at radius 1 is 1.15 bits per heavy atom. The predicted octanol–water partition coefficient (Wildman–Crippen LogP) is 2.55. The van der Waals surface area contributed by atoms with E-state index >= 15 is 0 Å². The van der Waals surface area contributed by atoms with Gasteiger partial charge in [0.2, 0.25) is 0 Å². The number of amides is 2. The van der Waals surface area contributed by atoms with Gasteiger partial charge in [-0.15, -0.1) is 0 Å². The normalized spacial score (nSPS) is 29.1. The highest BCUT2D eigenvalue weighted by Gasteiger charge is 2.43. The molecule has 2 aliphatic rings. The average Bonchev–Trinajstić information content (AvgIpc) is 3.19. The monoisotopic (exact) mass is 359 g/mol. The first-order valence-corrected chi connectivity index (χ1v) is 9.38. The van der Waals surface area contributed by atoms with Crippen molar-refractivity contribution < 1.29 is 14.7 Å². The first-order chi connectivity index (χ1) is 12.3. The summed E-state index contributed by atoms with van der Waals surface area (Å²) in [5, 5.41) is 12.4. The number of carbonyl (C=O) groups excluding carboxylic acids is 1. The van der Waals surface area contributed by atoms with E-state index in [0.29, 0.717) is 19.5 Å². The van der Waals surface area contributed by atoms with Gasteiger partial charge in [-0.25, -0.2) is 4.79 Å². The molecular weight excluding hydrogens is 330 g/mol. The highest BCUT2D eigenvalue weighted by molar-refractivity contribution is 5.79. The van der Waals surface area contributed by atoms with Gasteiger partial charge < -0.3 is 15.3 Å². The molecule has 0 aromatic heterocycles. The summed E-state index contributed by atoms with van der Waals surface area (Å²) < 4.78 is 0. The zero-order chi connectivity index (χ0) is 18.8. The van der Waals surface area contributed by atoms with E-state index < -0.39 is 11.4 Å². The van der Waals surface area contributed by atoms with E-state index in [1.54, 1.807) is 11.8 Å². The van der Waals surface area contributed by atoms with Gasteiger partial charge in [-0.05, 0) is 45.2 Å². The molecule has 2 saturated heterocycles. The van der Waals surface area contributed by atoms with Gasteiger partial charge in [0.15, 0.2) is 0 Å². The largest absolute Gasteiger partial charge is 0.481 e. The smallest absolute Gasteiger partial charge is 0.317 e. The molecule has 2 amide bonds. The van der Waals surface area contributed by atoms with Gasteiger partial charge in [0, 0.05) is 31.7 Å². The van der Waals surface area contributed by atoms with E-state index in [1.807, 2.05) is 6.07 Å². The van der Waals surface area contributed by atoms with Crippen LogP contribution in [0, 0.1) is 5.41 Å². The molecule has 2 N–H and O–H groups in total. The maximum atomic E-state index is 12.5. The lowest BCUT2D eigenvalue weighted by molar-refractivity contribution is -0.147. The van der Waals surface area contributed by atoms with Crippen LogP contribution in [0.3, 0.4) is 0 Å².